The summed E-state index contributed by atoms with van der Waals surface area (Å²) in [6.45, 7) is 3.47. The molecule has 1 fully saturated rings. The molecule has 0 aliphatic heterocycles. The van der Waals surface area contributed by atoms with Gasteiger partial charge in [-0.05, 0) is 39.0 Å². The molecule has 3 nitrogen and oxygen atoms in total. The minimum absolute atomic E-state index is 0.0674. The van der Waals surface area contributed by atoms with E-state index < -0.39 is 5.97 Å². The monoisotopic (exact) mass is 336 g/mol. The summed E-state index contributed by atoms with van der Waals surface area (Å²) in [6, 6.07) is 0. The molecule has 0 amide bonds. The van der Waals surface area contributed by atoms with Crippen LogP contribution in [0.3, 0.4) is 0 Å². The minimum atomic E-state index is -0.481. The van der Waals surface area contributed by atoms with Gasteiger partial charge in [-0.25, -0.2) is 4.79 Å². The number of rotatable bonds is 3. The van der Waals surface area contributed by atoms with Crippen molar-refractivity contribution in [2.45, 2.75) is 42.8 Å². The zero-order chi connectivity index (χ0) is 13.9. The lowest BCUT2D eigenvalue weighted by Crippen LogP contribution is -2.37. The predicted molar refractivity (Wildman–Crippen MR) is 75.1 cm³/mol. The number of ketones is 1. The molecule has 0 unspecified atom stereocenters. The van der Waals surface area contributed by atoms with Crippen molar-refractivity contribution in [2.75, 3.05) is 7.11 Å². The summed E-state index contributed by atoms with van der Waals surface area (Å²) in [5, 5.41) is 0. The topological polar surface area (TPSA) is 43.4 Å². The number of esters is 1. The second-order valence-corrected chi connectivity index (χ2v) is 6.86. The molecule has 0 saturated heterocycles. The van der Waals surface area contributed by atoms with Crippen LogP contribution in [0.1, 0.15) is 33.1 Å². The van der Waals surface area contributed by atoms with Gasteiger partial charge in [-0.2, -0.15) is 0 Å². The molecule has 1 saturated carbocycles. The first-order valence-corrected chi connectivity index (χ1v) is 7.20. The van der Waals surface area contributed by atoms with Crippen molar-refractivity contribution < 1.29 is 14.3 Å². The van der Waals surface area contributed by atoms with Crippen LogP contribution in [0.4, 0.5) is 0 Å². The Morgan fingerprint density at radius 3 is 2.56 bits per heavy atom. The Kier molecular flexibility index (Phi) is 5.41. The first-order valence-electron chi connectivity index (χ1n) is 5.91. The standard InChI is InChI=1S/C13H18BrClO3/c1-8(16)10(7-12(17)18-3)9-4-5-13(2,15)11(14)6-9/h7,9,11H,4-6H2,1-3H3/b10-7+/t9-,11+,13+/m1/s1. The van der Waals surface area contributed by atoms with E-state index in [-0.39, 0.29) is 21.4 Å². The Balaban J connectivity index is 2.87. The van der Waals surface area contributed by atoms with E-state index in [1.807, 2.05) is 6.92 Å². The smallest absolute Gasteiger partial charge is 0.330 e. The Morgan fingerprint density at radius 1 is 1.50 bits per heavy atom. The van der Waals surface area contributed by atoms with E-state index in [9.17, 15) is 9.59 Å². The summed E-state index contributed by atoms with van der Waals surface area (Å²) >= 11 is 9.93. The van der Waals surface area contributed by atoms with Crippen molar-refractivity contribution in [3.63, 3.8) is 0 Å². The van der Waals surface area contributed by atoms with Crippen molar-refractivity contribution in [3.05, 3.63) is 11.6 Å². The van der Waals surface area contributed by atoms with E-state index in [0.717, 1.165) is 19.3 Å². The van der Waals surface area contributed by atoms with Gasteiger partial charge in [-0.15, -0.1) is 11.6 Å². The van der Waals surface area contributed by atoms with Crippen molar-refractivity contribution >= 4 is 39.3 Å². The first-order chi connectivity index (χ1) is 8.27. The largest absolute Gasteiger partial charge is 0.466 e. The SMILES string of the molecule is COC(=O)/C=C(\C(C)=O)[C@@H]1CC[C@](C)(Cl)[C@@H](Br)C1. The third-order valence-electron chi connectivity index (χ3n) is 3.45. The molecule has 1 rings (SSSR count). The average molecular weight is 338 g/mol. The highest BCUT2D eigenvalue weighted by atomic mass is 79.9. The van der Waals surface area contributed by atoms with Gasteiger partial charge >= 0.3 is 5.97 Å². The summed E-state index contributed by atoms with van der Waals surface area (Å²) in [6.07, 6.45) is 3.68. The van der Waals surface area contributed by atoms with Gasteiger partial charge in [0, 0.05) is 16.5 Å². The molecule has 18 heavy (non-hydrogen) atoms. The molecule has 0 aromatic rings. The van der Waals surface area contributed by atoms with Crippen LogP contribution in [0.2, 0.25) is 0 Å². The predicted octanol–water partition coefficient (Wildman–Crippen LogP) is 3.24. The molecule has 0 spiro atoms. The Morgan fingerprint density at radius 2 is 2.11 bits per heavy atom. The highest BCUT2D eigenvalue weighted by Gasteiger charge is 2.38. The first kappa shape index (κ1) is 15.7. The maximum absolute atomic E-state index is 11.6. The second kappa shape index (κ2) is 6.20. The third kappa shape index (κ3) is 3.82. The Bertz CT molecular complexity index is 376. The van der Waals surface area contributed by atoms with E-state index >= 15 is 0 Å². The molecular formula is C13H18BrClO3. The summed E-state index contributed by atoms with van der Waals surface area (Å²) in [5.74, 6) is -0.494. The van der Waals surface area contributed by atoms with Crippen LogP contribution in [0, 0.1) is 5.92 Å². The number of methoxy groups -OCH3 is 1. The number of hydrogen-bond acceptors (Lipinski definition) is 3. The number of carbonyl (C=O) groups is 2. The molecule has 0 N–H and O–H groups in total. The van der Waals surface area contributed by atoms with Crippen LogP contribution in [-0.4, -0.2) is 28.6 Å². The van der Waals surface area contributed by atoms with Crippen molar-refractivity contribution in [1.29, 1.82) is 0 Å². The van der Waals surface area contributed by atoms with Gasteiger partial charge in [0.2, 0.25) is 0 Å². The summed E-state index contributed by atoms with van der Waals surface area (Å²) in [5.41, 5.74) is 0.540. The zero-order valence-corrected chi connectivity index (χ0v) is 13.2. The number of allylic oxidation sites excluding steroid dienone is 1. The van der Waals surface area contributed by atoms with Crippen molar-refractivity contribution in [3.8, 4) is 0 Å². The average Bonchev–Trinajstić information content (AvgIpc) is 2.29. The van der Waals surface area contributed by atoms with Gasteiger partial charge in [-0.1, -0.05) is 15.9 Å². The normalized spacial score (nSPS) is 33.1. The third-order valence-corrected chi connectivity index (χ3v) is 5.55. The molecule has 0 heterocycles. The summed E-state index contributed by atoms with van der Waals surface area (Å²) in [4.78, 5) is 22.8. The fourth-order valence-electron chi connectivity index (χ4n) is 2.20. The van der Waals surface area contributed by atoms with E-state index in [4.69, 9.17) is 11.6 Å². The molecule has 3 atom stereocenters. The number of Topliss-reactive ketones (excluding diaryl/α,β-unsaturated/α-hetero) is 1. The van der Waals surface area contributed by atoms with Crippen molar-refractivity contribution in [1.82, 2.24) is 0 Å². The lowest BCUT2D eigenvalue weighted by atomic mass is 9.77. The van der Waals surface area contributed by atoms with Crippen LogP contribution >= 0.6 is 27.5 Å². The van der Waals surface area contributed by atoms with Gasteiger partial charge in [0.05, 0.1) is 12.0 Å². The van der Waals surface area contributed by atoms with Gasteiger partial charge in [0.15, 0.2) is 5.78 Å². The number of carbonyl (C=O) groups excluding carboxylic acids is 2. The maximum Gasteiger partial charge on any atom is 0.330 e. The molecule has 5 heteroatoms. The van der Waals surface area contributed by atoms with Gasteiger partial charge < -0.3 is 4.74 Å². The van der Waals surface area contributed by atoms with Gasteiger partial charge in [0.25, 0.3) is 0 Å². The van der Waals surface area contributed by atoms with Crippen LogP contribution in [0.25, 0.3) is 0 Å². The van der Waals surface area contributed by atoms with E-state index in [1.54, 1.807) is 0 Å². The lowest BCUT2D eigenvalue weighted by molar-refractivity contribution is -0.135. The molecule has 0 radical (unpaired) electrons. The van der Waals surface area contributed by atoms with E-state index in [2.05, 4.69) is 20.7 Å². The van der Waals surface area contributed by atoms with Crippen LogP contribution < -0.4 is 0 Å². The fourth-order valence-corrected chi connectivity index (χ4v) is 3.08. The maximum atomic E-state index is 11.6. The van der Waals surface area contributed by atoms with E-state index in [0.29, 0.717) is 5.57 Å². The molecule has 0 aromatic carbocycles. The Labute approximate surface area is 121 Å². The Hall–Kier alpha value is -0.350. The molecular weight excluding hydrogens is 319 g/mol. The molecule has 102 valence electrons. The molecule has 0 aromatic heterocycles. The van der Waals surface area contributed by atoms with Crippen LogP contribution in [-0.2, 0) is 14.3 Å². The van der Waals surface area contributed by atoms with E-state index in [1.165, 1.54) is 20.1 Å². The molecule has 1 aliphatic carbocycles. The van der Waals surface area contributed by atoms with Gasteiger partial charge in [0.1, 0.15) is 0 Å². The fraction of sp³-hybridized carbons (Fsp3) is 0.692. The number of hydrogen-bond donors (Lipinski definition) is 0. The van der Waals surface area contributed by atoms with Gasteiger partial charge in [-0.3, -0.25) is 4.79 Å². The lowest BCUT2D eigenvalue weighted by Gasteiger charge is -2.37. The molecule has 0 bridgehead atoms. The van der Waals surface area contributed by atoms with Crippen LogP contribution in [0.15, 0.2) is 11.6 Å². The summed E-state index contributed by atoms with van der Waals surface area (Å²) < 4.78 is 4.58. The highest BCUT2D eigenvalue weighted by molar-refractivity contribution is 9.09. The van der Waals surface area contributed by atoms with Crippen molar-refractivity contribution in [2.24, 2.45) is 5.92 Å². The van der Waals surface area contributed by atoms with Crippen LogP contribution in [0.5, 0.6) is 0 Å². The molecule has 1 aliphatic rings. The zero-order valence-electron chi connectivity index (χ0n) is 10.8. The minimum Gasteiger partial charge on any atom is -0.466 e. The highest BCUT2D eigenvalue weighted by Crippen LogP contribution is 2.43. The number of halogens is 2. The number of alkyl halides is 2. The quantitative estimate of drug-likeness (QED) is 0.451. The second-order valence-electron chi connectivity index (χ2n) is 4.90. The number of ether oxygens (including phenoxy) is 1. The summed E-state index contributed by atoms with van der Waals surface area (Å²) in [7, 11) is 1.31.